The fraction of sp³-hybridized carbons (Fsp3) is 0.250. The highest BCUT2D eigenvalue weighted by Gasteiger charge is 2.00. The molecular formula is C8H10N2O2S. The molecule has 5 heteroatoms. The van der Waals surface area contributed by atoms with E-state index in [1.54, 1.807) is 19.5 Å². The van der Waals surface area contributed by atoms with Crippen molar-refractivity contribution in [3.8, 4) is 5.75 Å². The molecule has 1 N–H and O–H groups in total. The third kappa shape index (κ3) is 3.04. The number of hydrogen-bond donors (Lipinski definition) is 1. The summed E-state index contributed by atoms with van der Waals surface area (Å²) in [5.41, 5.74) is 0. The Balaban J connectivity index is 2.64. The average molecular weight is 198 g/mol. The predicted molar refractivity (Wildman–Crippen MR) is 50.7 cm³/mol. The van der Waals surface area contributed by atoms with Gasteiger partial charge in [-0.3, -0.25) is 0 Å². The van der Waals surface area contributed by atoms with E-state index in [1.165, 1.54) is 11.8 Å². The Labute approximate surface area is 80.7 Å². The second kappa shape index (κ2) is 4.84. The van der Waals surface area contributed by atoms with E-state index < -0.39 is 0 Å². The molecule has 0 bridgehead atoms. The number of aliphatic hydroxyl groups excluding tert-OH is 1. The fourth-order valence-corrected chi connectivity index (χ4v) is 1.16. The molecule has 1 rings (SSSR count). The van der Waals surface area contributed by atoms with E-state index in [9.17, 15) is 0 Å². The van der Waals surface area contributed by atoms with E-state index in [0.717, 1.165) is 0 Å². The van der Waals surface area contributed by atoms with E-state index in [2.05, 4.69) is 16.5 Å². The molecule has 1 aromatic heterocycles. The summed E-state index contributed by atoms with van der Waals surface area (Å²) < 4.78 is 4.89. The van der Waals surface area contributed by atoms with E-state index >= 15 is 0 Å². The summed E-state index contributed by atoms with van der Waals surface area (Å²) in [6.07, 6.45) is 3.14. The summed E-state index contributed by atoms with van der Waals surface area (Å²) in [4.78, 5) is 8.60. The summed E-state index contributed by atoms with van der Waals surface area (Å²) in [5.74, 6) is 0.610. The lowest BCUT2D eigenvalue weighted by Gasteiger charge is -2.01. The summed E-state index contributed by atoms with van der Waals surface area (Å²) in [5, 5.41) is 9.25. The van der Waals surface area contributed by atoms with Crippen molar-refractivity contribution in [2.24, 2.45) is 0 Å². The van der Waals surface area contributed by atoms with Gasteiger partial charge in [0.05, 0.1) is 26.1 Å². The molecule has 0 atom stereocenters. The van der Waals surface area contributed by atoms with E-state index in [4.69, 9.17) is 9.84 Å². The van der Waals surface area contributed by atoms with Gasteiger partial charge in [-0.2, -0.15) is 0 Å². The molecule has 4 nitrogen and oxygen atoms in total. The van der Waals surface area contributed by atoms with Gasteiger partial charge in [-0.05, 0) is 0 Å². The van der Waals surface area contributed by atoms with Crippen LogP contribution >= 0.6 is 11.8 Å². The number of rotatable bonds is 4. The summed E-state index contributed by atoms with van der Waals surface area (Å²) in [6, 6.07) is 0. The van der Waals surface area contributed by atoms with Gasteiger partial charge in [0.1, 0.15) is 0 Å². The predicted octanol–water partition coefficient (Wildman–Crippen LogP) is 1.08. The van der Waals surface area contributed by atoms with Crippen molar-refractivity contribution < 1.29 is 9.84 Å². The SMILES string of the molecule is C=C(CO)Sc1ncc(OC)cn1. The lowest BCUT2D eigenvalue weighted by atomic mass is 10.6. The molecular weight excluding hydrogens is 188 g/mol. The minimum atomic E-state index is -0.0694. The van der Waals surface area contributed by atoms with E-state index in [1.807, 2.05) is 0 Å². The molecule has 0 aliphatic heterocycles. The Hall–Kier alpha value is -1.07. The Bertz CT molecular complexity index is 287. The van der Waals surface area contributed by atoms with Crippen molar-refractivity contribution in [3.05, 3.63) is 23.9 Å². The van der Waals surface area contributed by atoms with Crippen LogP contribution in [0.25, 0.3) is 0 Å². The summed E-state index contributed by atoms with van der Waals surface area (Å²) in [6.45, 7) is 3.54. The first-order chi connectivity index (χ1) is 6.26. The molecule has 0 unspecified atom stereocenters. The largest absolute Gasteiger partial charge is 0.494 e. The van der Waals surface area contributed by atoms with Crippen LogP contribution in [-0.4, -0.2) is 28.8 Å². The molecule has 0 radical (unpaired) electrons. The maximum Gasteiger partial charge on any atom is 0.192 e. The molecule has 0 aromatic carbocycles. The molecule has 0 fully saturated rings. The van der Waals surface area contributed by atoms with Crippen LogP contribution in [0.5, 0.6) is 5.75 Å². The third-order valence-electron chi connectivity index (χ3n) is 1.25. The number of methoxy groups -OCH3 is 1. The van der Waals surface area contributed by atoms with Crippen molar-refractivity contribution in [3.63, 3.8) is 0 Å². The molecule has 13 heavy (non-hydrogen) atoms. The van der Waals surface area contributed by atoms with Crippen LogP contribution in [0, 0.1) is 0 Å². The highest BCUT2D eigenvalue weighted by atomic mass is 32.2. The number of thioether (sulfide) groups is 1. The van der Waals surface area contributed by atoms with Crippen LogP contribution in [0.2, 0.25) is 0 Å². The molecule has 0 aliphatic rings. The van der Waals surface area contributed by atoms with Crippen LogP contribution in [0.4, 0.5) is 0 Å². The van der Waals surface area contributed by atoms with Crippen molar-refractivity contribution in [1.29, 1.82) is 0 Å². The first-order valence-corrected chi connectivity index (χ1v) is 4.40. The minimum absolute atomic E-state index is 0.0694. The minimum Gasteiger partial charge on any atom is -0.494 e. The molecule has 1 aromatic rings. The van der Waals surface area contributed by atoms with Gasteiger partial charge in [0, 0.05) is 4.91 Å². The zero-order valence-corrected chi connectivity index (χ0v) is 8.04. The molecule has 0 aliphatic carbocycles. The van der Waals surface area contributed by atoms with E-state index in [0.29, 0.717) is 15.8 Å². The quantitative estimate of drug-likeness (QED) is 0.579. The summed E-state index contributed by atoms with van der Waals surface area (Å²) in [7, 11) is 1.55. The number of ether oxygens (including phenoxy) is 1. The Kier molecular flexibility index (Phi) is 3.72. The van der Waals surface area contributed by atoms with Crippen LogP contribution < -0.4 is 4.74 Å². The second-order valence-electron chi connectivity index (χ2n) is 2.20. The number of aromatic nitrogens is 2. The smallest absolute Gasteiger partial charge is 0.192 e. The highest BCUT2D eigenvalue weighted by Crippen LogP contribution is 2.21. The normalized spacial score (nSPS) is 9.69. The molecule has 0 saturated heterocycles. The Morgan fingerprint density at radius 3 is 2.69 bits per heavy atom. The maximum atomic E-state index is 8.70. The molecule has 1 heterocycles. The first-order valence-electron chi connectivity index (χ1n) is 3.58. The Morgan fingerprint density at radius 1 is 1.62 bits per heavy atom. The topological polar surface area (TPSA) is 55.2 Å². The van der Waals surface area contributed by atoms with Crippen molar-refractivity contribution in [2.45, 2.75) is 5.16 Å². The monoisotopic (exact) mass is 198 g/mol. The fourth-order valence-electron chi connectivity index (χ4n) is 0.624. The van der Waals surface area contributed by atoms with Crippen LogP contribution in [-0.2, 0) is 0 Å². The highest BCUT2D eigenvalue weighted by molar-refractivity contribution is 8.02. The van der Waals surface area contributed by atoms with Gasteiger partial charge < -0.3 is 9.84 Å². The van der Waals surface area contributed by atoms with Gasteiger partial charge in [-0.1, -0.05) is 18.3 Å². The second-order valence-corrected chi connectivity index (χ2v) is 3.35. The van der Waals surface area contributed by atoms with Gasteiger partial charge >= 0.3 is 0 Å². The van der Waals surface area contributed by atoms with Gasteiger partial charge in [-0.15, -0.1) is 0 Å². The Morgan fingerprint density at radius 2 is 2.23 bits per heavy atom. The van der Waals surface area contributed by atoms with E-state index in [-0.39, 0.29) is 6.61 Å². The number of hydrogen-bond acceptors (Lipinski definition) is 5. The first kappa shape index (κ1) is 10.0. The van der Waals surface area contributed by atoms with Crippen molar-refractivity contribution in [2.75, 3.05) is 13.7 Å². The maximum absolute atomic E-state index is 8.70. The van der Waals surface area contributed by atoms with Crippen LogP contribution in [0.1, 0.15) is 0 Å². The van der Waals surface area contributed by atoms with Gasteiger partial charge in [0.15, 0.2) is 10.9 Å². The number of nitrogens with zero attached hydrogens (tertiary/aromatic N) is 2. The summed E-state index contributed by atoms with van der Waals surface area (Å²) >= 11 is 1.24. The molecule has 0 amide bonds. The van der Waals surface area contributed by atoms with Crippen molar-refractivity contribution >= 4 is 11.8 Å². The van der Waals surface area contributed by atoms with Gasteiger partial charge in [0.25, 0.3) is 0 Å². The van der Waals surface area contributed by atoms with Crippen LogP contribution in [0.3, 0.4) is 0 Å². The van der Waals surface area contributed by atoms with Crippen LogP contribution in [0.15, 0.2) is 29.0 Å². The third-order valence-corrected chi connectivity index (χ3v) is 2.06. The zero-order chi connectivity index (χ0) is 9.68. The lowest BCUT2D eigenvalue weighted by molar-refractivity contribution is 0.340. The molecule has 0 spiro atoms. The molecule has 70 valence electrons. The van der Waals surface area contributed by atoms with Gasteiger partial charge in [-0.25, -0.2) is 9.97 Å². The lowest BCUT2D eigenvalue weighted by Crippen LogP contribution is -1.90. The molecule has 0 saturated carbocycles. The van der Waals surface area contributed by atoms with Gasteiger partial charge in [0.2, 0.25) is 0 Å². The number of aliphatic hydroxyl groups is 1. The average Bonchev–Trinajstić information content (AvgIpc) is 2.19. The van der Waals surface area contributed by atoms with Crippen molar-refractivity contribution in [1.82, 2.24) is 9.97 Å². The standard InChI is InChI=1S/C8H10N2O2S/c1-6(5-11)13-8-9-3-7(12-2)4-10-8/h3-4,11H,1,5H2,2H3. The zero-order valence-electron chi connectivity index (χ0n) is 7.23.